The normalized spacial score (nSPS) is 21.2. The van der Waals surface area contributed by atoms with E-state index in [1.54, 1.807) is 13.0 Å². The van der Waals surface area contributed by atoms with E-state index in [-0.39, 0.29) is 24.8 Å². The lowest BCUT2D eigenvalue weighted by Gasteiger charge is -2.21. The molecule has 3 N–H and O–H groups in total. The molecule has 2 rings (SSSR count). The van der Waals surface area contributed by atoms with E-state index in [9.17, 15) is 14.7 Å². The van der Waals surface area contributed by atoms with E-state index in [2.05, 4.69) is 15.3 Å². The van der Waals surface area contributed by atoms with Crippen LogP contribution >= 0.6 is 0 Å². The van der Waals surface area contributed by atoms with Crippen LogP contribution in [-0.4, -0.2) is 62.9 Å². The third-order valence-corrected chi connectivity index (χ3v) is 3.08. The summed E-state index contributed by atoms with van der Waals surface area (Å²) in [6.07, 6.45) is -0.856. The summed E-state index contributed by atoms with van der Waals surface area (Å²) in [5, 5.41) is 21.0. The van der Waals surface area contributed by atoms with Gasteiger partial charge in [-0.05, 0) is 6.92 Å². The van der Waals surface area contributed by atoms with Gasteiger partial charge in [-0.2, -0.15) is 4.98 Å². The first kappa shape index (κ1) is 15.0. The summed E-state index contributed by atoms with van der Waals surface area (Å²) in [5.41, 5.74) is 0.591. The number of amides is 2. The van der Waals surface area contributed by atoms with Crippen LogP contribution in [0.5, 0.6) is 5.88 Å². The summed E-state index contributed by atoms with van der Waals surface area (Å²) >= 11 is 0. The Labute approximate surface area is 120 Å². The van der Waals surface area contributed by atoms with Crippen LogP contribution in [-0.2, 0) is 4.79 Å². The zero-order valence-corrected chi connectivity index (χ0v) is 11.6. The number of nitrogens with one attached hydrogen (secondary N) is 1. The number of carbonyl (C=O) groups excluding carboxylic acids is 1. The smallest absolute Gasteiger partial charge is 0.326 e. The van der Waals surface area contributed by atoms with Crippen molar-refractivity contribution in [3.8, 4) is 5.88 Å². The number of aliphatic carboxylic acids is 1. The number of hydrogen-bond acceptors (Lipinski definition) is 6. The Balaban J connectivity index is 2.14. The minimum absolute atomic E-state index is 0.000743. The van der Waals surface area contributed by atoms with Crippen molar-refractivity contribution >= 4 is 17.9 Å². The van der Waals surface area contributed by atoms with Gasteiger partial charge in [0.2, 0.25) is 11.8 Å². The van der Waals surface area contributed by atoms with Gasteiger partial charge >= 0.3 is 12.0 Å². The number of carboxylic acids is 1. The van der Waals surface area contributed by atoms with Crippen molar-refractivity contribution in [1.29, 1.82) is 0 Å². The van der Waals surface area contributed by atoms with Gasteiger partial charge in [0, 0.05) is 24.7 Å². The number of methoxy groups -OCH3 is 1. The standard InChI is InChI=1S/C12H16N4O5/c1-6-3-9(21-2)14-11(13-6)15-12(20)16-5-7(17)4-8(16)10(18)19/h3,7-8,17H,4-5H2,1-2H3,(H,18,19)(H,13,14,15,20)/t7-,8-/m1/s1. The highest BCUT2D eigenvalue weighted by molar-refractivity contribution is 5.91. The van der Waals surface area contributed by atoms with Crippen molar-refractivity contribution in [2.45, 2.75) is 25.5 Å². The van der Waals surface area contributed by atoms with Gasteiger partial charge in [0.25, 0.3) is 0 Å². The predicted octanol–water partition coefficient (Wildman–Crippen LogP) is -0.155. The second-order valence-corrected chi connectivity index (χ2v) is 4.70. The van der Waals surface area contributed by atoms with Crippen LogP contribution in [0.4, 0.5) is 10.7 Å². The number of carbonyl (C=O) groups is 2. The summed E-state index contributed by atoms with van der Waals surface area (Å²) in [5.74, 6) is -0.860. The molecule has 2 amide bonds. The van der Waals surface area contributed by atoms with Gasteiger partial charge in [0.15, 0.2) is 0 Å². The minimum atomic E-state index is -1.16. The lowest BCUT2D eigenvalue weighted by molar-refractivity contribution is -0.141. The van der Waals surface area contributed by atoms with Gasteiger partial charge in [-0.15, -0.1) is 0 Å². The van der Waals surface area contributed by atoms with Crippen LogP contribution in [0.1, 0.15) is 12.1 Å². The average Bonchev–Trinajstić information content (AvgIpc) is 2.80. The Bertz CT molecular complexity index is 565. The topological polar surface area (TPSA) is 125 Å². The number of likely N-dealkylation sites (tertiary alicyclic amines) is 1. The zero-order chi connectivity index (χ0) is 15.6. The molecule has 1 aliphatic rings. The van der Waals surface area contributed by atoms with Gasteiger partial charge in [-0.3, -0.25) is 5.32 Å². The highest BCUT2D eigenvalue weighted by atomic mass is 16.5. The van der Waals surface area contributed by atoms with Crippen LogP contribution in [0.15, 0.2) is 6.07 Å². The highest BCUT2D eigenvalue weighted by Crippen LogP contribution is 2.19. The SMILES string of the molecule is COc1cc(C)nc(NC(=O)N2C[C@H](O)C[C@@H]2C(=O)O)n1. The maximum absolute atomic E-state index is 12.1. The summed E-state index contributed by atoms with van der Waals surface area (Å²) in [7, 11) is 1.44. The Kier molecular flexibility index (Phi) is 4.22. The monoisotopic (exact) mass is 296 g/mol. The average molecular weight is 296 g/mol. The number of carboxylic acid groups (broad SMARTS) is 1. The first-order valence-electron chi connectivity index (χ1n) is 6.29. The van der Waals surface area contributed by atoms with Gasteiger partial charge in [0.1, 0.15) is 6.04 Å². The molecule has 0 spiro atoms. The van der Waals surface area contributed by atoms with E-state index in [0.29, 0.717) is 5.69 Å². The van der Waals surface area contributed by atoms with Crippen molar-refractivity contribution in [2.75, 3.05) is 19.0 Å². The number of anilines is 1. The fraction of sp³-hybridized carbons (Fsp3) is 0.500. The van der Waals surface area contributed by atoms with Crippen molar-refractivity contribution in [3.63, 3.8) is 0 Å². The molecular formula is C12H16N4O5. The Morgan fingerprint density at radius 1 is 1.48 bits per heavy atom. The highest BCUT2D eigenvalue weighted by Gasteiger charge is 2.39. The van der Waals surface area contributed by atoms with E-state index in [4.69, 9.17) is 9.84 Å². The second kappa shape index (κ2) is 5.92. The number of nitrogens with zero attached hydrogens (tertiary/aromatic N) is 3. The quantitative estimate of drug-likeness (QED) is 0.708. The van der Waals surface area contributed by atoms with Gasteiger partial charge in [-0.25, -0.2) is 14.6 Å². The molecule has 0 radical (unpaired) electrons. The molecule has 1 aromatic heterocycles. The predicted molar refractivity (Wildman–Crippen MR) is 71.1 cm³/mol. The molecule has 9 nitrogen and oxygen atoms in total. The summed E-state index contributed by atoms with van der Waals surface area (Å²) < 4.78 is 4.97. The molecular weight excluding hydrogens is 280 g/mol. The number of hydrogen-bond donors (Lipinski definition) is 3. The summed E-state index contributed by atoms with van der Waals surface area (Å²) in [6, 6.07) is -0.145. The minimum Gasteiger partial charge on any atom is -0.481 e. The number of aliphatic hydroxyl groups is 1. The van der Waals surface area contributed by atoms with Crippen LogP contribution in [0.25, 0.3) is 0 Å². The van der Waals surface area contributed by atoms with Crippen molar-refractivity contribution in [2.24, 2.45) is 0 Å². The van der Waals surface area contributed by atoms with Crippen molar-refractivity contribution in [3.05, 3.63) is 11.8 Å². The number of aryl methyl sites for hydroxylation is 1. The third kappa shape index (κ3) is 3.37. The van der Waals surface area contributed by atoms with Crippen LogP contribution in [0.3, 0.4) is 0 Å². The van der Waals surface area contributed by atoms with Gasteiger partial charge in [-0.1, -0.05) is 0 Å². The molecule has 114 valence electrons. The number of ether oxygens (including phenoxy) is 1. The van der Waals surface area contributed by atoms with E-state index < -0.39 is 24.1 Å². The number of β-amino-alcohol motifs (C(OH)–C–C–N with tert-alkyl or cyclic N) is 1. The number of aliphatic hydroxyl groups excluding tert-OH is 1. The Morgan fingerprint density at radius 2 is 2.19 bits per heavy atom. The third-order valence-electron chi connectivity index (χ3n) is 3.08. The Morgan fingerprint density at radius 3 is 2.81 bits per heavy atom. The van der Waals surface area contributed by atoms with Crippen LogP contribution in [0.2, 0.25) is 0 Å². The lowest BCUT2D eigenvalue weighted by atomic mass is 10.2. The van der Waals surface area contributed by atoms with E-state index in [1.165, 1.54) is 7.11 Å². The number of aromatic nitrogens is 2. The molecule has 2 heterocycles. The van der Waals surface area contributed by atoms with Crippen LogP contribution in [0, 0.1) is 6.92 Å². The molecule has 0 bridgehead atoms. The molecule has 1 aromatic rings. The molecule has 0 aliphatic carbocycles. The number of urea groups is 1. The molecule has 0 aromatic carbocycles. The summed E-state index contributed by atoms with van der Waals surface area (Å²) in [4.78, 5) is 32.2. The van der Waals surface area contributed by atoms with E-state index in [1.807, 2.05) is 0 Å². The van der Waals surface area contributed by atoms with Gasteiger partial charge < -0.3 is 19.8 Å². The van der Waals surface area contributed by atoms with Crippen LogP contribution < -0.4 is 10.1 Å². The van der Waals surface area contributed by atoms with E-state index >= 15 is 0 Å². The largest absolute Gasteiger partial charge is 0.481 e. The summed E-state index contributed by atoms with van der Waals surface area (Å²) in [6.45, 7) is 1.66. The molecule has 0 saturated carbocycles. The fourth-order valence-corrected chi connectivity index (χ4v) is 2.14. The molecule has 2 atom stereocenters. The second-order valence-electron chi connectivity index (χ2n) is 4.70. The molecule has 9 heteroatoms. The molecule has 1 saturated heterocycles. The molecule has 1 fully saturated rings. The van der Waals surface area contributed by atoms with Crippen molar-refractivity contribution < 1.29 is 24.5 Å². The molecule has 1 aliphatic heterocycles. The first-order chi connectivity index (χ1) is 9.90. The Hall–Kier alpha value is -2.42. The molecule has 21 heavy (non-hydrogen) atoms. The van der Waals surface area contributed by atoms with Gasteiger partial charge in [0.05, 0.1) is 13.2 Å². The fourth-order valence-electron chi connectivity index (χ4n) is 2.14. The maximum Gasteiger partial charge on any atom is 0.326 e. The lowest BCUT2D eigenvalue weighted by Crippen LogP contribution is -2.43. The zero-order valence-electron chi connectivity index (χ0n) is 11.6. The first-order valence-corrected chi connectivity index (χ1v) is 6.29. The van der Waals surface area contributed by atoms with Crippen molar-refractivity contribution in [1.82, 2.24) is 14.9 Å². The number of rotatable bonds is 3. The maximum atomic E-state index is 12.1. The molecule has 0 unspecified atom stereocenters. The van der Waals surface area contributed by atoms with E-state index in [0.717, 1.165) is 4.90 Å².